The first-order valence-corrected chi connectivity index (χ1v) is 10.9. The molecule has 0 radical (unpaired) electrons. The number of methoxy groups -OCH3 is 1. The molecule has 7 heteroatoms. The summed E-state index contributed by atoms with van der Waals surface area (Å²) in [6.07, 6.45) is 4.76. The number of benzene rings is 2. The fourth-order valence-electron chi connectivity index (χ4n) is 4.93. The van der Waals surface area contributed by atoms with E-state index in [1.54, 1.807) is 12.1 Å². The molecule has 0 spiro atoms. The van der Waals surface area contributed by atoms with Crippen molar-refractivity contribution in [2.24, 2.45) is 5.92 Å². The minimum atomic E-state index is -0.563. The number of halogens is 2. The van der Waals surface area contributed by atoms with Gasteiger partial charge in [0.05, 0.1) is 7.11 Å². The van der Waals surface area contributed by atoms with Crippen LogP contribution in [0.4, 0.5) is 4.39 Å². The van der Waals surface area contributed by atoms with Gasteiger partial charge in [-0.1, -0.05) is 23.7 Å². The average molecular weight is 446 g/mol. The van der Waals surface area contributed by atoms with Crippen LogP contribution in [0.2, 0.25) is 5.02 Å². The van der Waals surface area contributed by atoms with E-state index in [1.165, 1.54) is 25.3 Å². The molecule has 0 saturated carbocycles. The lowest BCUT2D eigenvalue weighted by Gasteiger charge is -2.39. The Balaban J connectivity index is 1.37. The molecule has 2 atom stereocenters. The summed E-state index contributed by atoms with van der Waals surface area (Å²) in [6.45, 7) is -0.138. The van der Waals surface area contributed by atoms with Crippen LogP contribution in [-0.4, -0.2) is 42.6 Å². The van der Waals surface area contributed by atoms with E-state index < -0.39 is 5.97 Å². The number of amides is 1. The van der Waals surface area contributed by atoms with Crippen LogP contribution in [0.15, 0.2) is 42.5 Å². The van der Waals surface area contributed by atoms with Crippen molar-refractivity contribution in [1.29, 1.82) is 0 Å². The molecular formula is C24H25ClFNO4. The summed E-state index contributed by atoms with van der Waals surface area (Å²) in [7, 11) is 1.28. The Bertz CT molecular complexity index is 951. The molecule has 4 rings (SSSR count). The van der Waals surface area contributed by atoms with Gasteiger partial charge in [-0.2, -0.15) is 0 Å². The Morgan fingerprint density at radius 2 is 1.77 bits per heavy atom. The van der Waals surface area contributed by atoms with Gasteiger partial charge in [-0.05, 0) is 73.9 Å². The zero-order valence-electron chi connectivity index (χ0n) is 17.4. The Morgan fingerprint density at radius 3 is 2.42 bits per heavy atom. The number of fused-ring (bicyclic) bond motifs is 2. The molecule has 2 aromatic rings. The van der Waals surface area contributed by atoms with Crippen LogP contribution in [0.3, 0.4) is 0 Å². The van der Waals surface area contributed by atoms with Crippen molar-refractivity contribution >= 4 is 23.5 Å². The van der Waals surface area contributed by atoms with Gasteiger partial charge in [0, 0.05) is 17.1 Å². The molecule has 2 fully saturated rings. The number of hydrogen-bond donors (Lipinski definition) is 0. The summed E-state index contributed by atoms with van der Waals surface area (Å²) < 4.78 is 23.6. The molecule has 2 saturated heterocycles. The second kappa shape index (κ2) is 9.27. The first-order chi connectivity index (χ1) is 14.9. The smallest absolute Gasteiger partial charge is 0.341 e. The van der Waals surface area contributed by atoms with Crippen LogP contribution in [0.25, 0.3) is 0 Å². The maximum Gasteiger partial charge on any atom is 0.341 e. The van der Waals surface area contributed by atoms with Gasteiger partial charge in [0.1, 0.15) is 17.1 Å². The number of hydrogen-bond acceptors (Lipinski definition) is 4. The van der Waals surface area contributed by atoms with Crippen molar-refractivity contribution in [2.75, 3.05) is 13.7 Å². The van der Waals surface area contributed by atoms with Crippen LogP contribution in [0.5, 0.6) is 5.75 Å². The van der Waals surface area contributed by atoms with E-state index in [9.17, 15) is 14.0 Å². The molecule has 1 amide bonds. The summed E-state index contributed by atoms with van der Waals surface area (Å²) >= 11 is 5.97. The minimum Gasteiger partial charge on any atom is -0.483 e. The molecule has 2 bridgehead atoms. The monoisotopic (exact) mass is 445 g/mol. The number of ether oxygens (including phenoxy) is 2. The maximum absolute atomic E-state index is 13.2. The third-order valence-electron chi connectivity index (χ3n) is 6.25. The van der Waals surface area contributed by atoms with Gasteiger partial charge in [0.25, 0.3) is 5.91 Å². The highest BCUT2D eigenvalue weighted by molar-refractivity contribution is 6.31. The van der Waals surface area contributed by atoms with Crippen LogP contribution >= 0.6 is 11.6 Å². The second-order valence-corrected chi connectivity index (χ2v) is 8.71. The molecule has 0 N–H and O–H groups in total. The van der Waals surface area contributed by atoms with Crippen LogP contribution in [0.1, 0.15) is 41.6 Å². The summed E-state index contributed by atoms with van der Waals surface area (Å²) in [5.74, 6) is -0.0938. The van der Waals surface area contributed by atoms with E-state index in [-0.39, 0.29) is 41.7 Å². The van der Waals surface area contributed by atoms with Crippen molar-refractivity contribution in [1.82, 2.24) is 4.90 Å². The summed E-state index contributed by atoms with van der Waals surface area (Å²) in [5.41, 5.74) is 1.33. The van der Waals surface area contributed by atoms with E-state index in [2.05, 4.69) is 0 Å². The number of rotatable bonds is 6. The molecule has 2 aliphatic rings. The van der Waals surface area contributed by atoms with E-state index in [4.69, 9.17) is 21.1 Å². The lowest BCUT2D eigenvalue weighted by Crippen LogP contribution is -2.48. The first kappa shape index (κ1) is 21.6. The number of carbonyl (C=O) groups is 2. The predicted octanol–water partition coefficient (Wildman–Crippen LogP) is 4.66. The number of piperidine rings is 1. The van der Waals surface area contributed by atoms with Crippen molar-refractivity contribution in [3.63, 3.8) is 0 Å². The first-order valence-electron chi connectivity index (χ1n) is 10.5. The standard InChI is InChI=1S/C24H25ClFNO4/c1-30-24(29)21-13-17(25)4-9-22(21)31-14-23(28)27-19-7-8-20(27)12-16(11-19)10-15-2-5-18(26)6-3-15/h2-6,9,13,16,19-20H,7-8,10-12,14H2,1H3. The molecule has 2 aliphatic heterocycles. The van der Waals surface area contributed by atoms with Crippen LogP contribution < -0.4 is 4.74 Å². The van der Waals surface area contributed by atoms with Crippen LogP contribution in [0, 0.1) is 11.7 Å². The van der Waals surface area contributed by atoms with Crippen molar-refractivity contribution in [3.05, 3.63) is 64.4 Å². The number of esters is 1. The molecule has 5 nitrogen and oxygen atoms in total. The van der Waals surface area contributed by atoms with Crippen molar-refractivity contribution in [2.45, 2.75) is 44.2 Å². The highest BCUT2D eigenvalue weighted by Gasteiger charge is 2.43. The lowest BCUT2D eigenvalue weighted by atomic mass is 9.86. The molecule has 2 aromatic carbocycles. The third kappa shape index (κ3) is 4.85. The highest BCUT2D eigenvalue weighted by atomic mass is 35.5. The molecule has 0 aromatic heterocycles. The quantitative estimate of drug-likeness (QED) is 0.607. The SMILES string of the molecule is COC(=O)c1cc(Cl)ccc1OCC(=O)N1C2CCC1CC(Cc1ccc(F)cc1)C2. The van der Waals surface area contributed by atoms with E-state index in [1.807, 2.05) is 17.0 Å². The molecular weight excluding hydrogens is 421 g/mol. The molecule has 0 aliphatic carbocycles. The fraction of sp³-hybridized carbons (Fsp3) is 0.417. The molecule has 2 heterocycles. The van der Waals surface area contributed by atoms with Gasteiger partial charge >= 0.3 is 5.97 Å². The van der Waals surface area contributed by atoms with Crippen molar-refractivity contribution < 1.29 is 23.5 Å². The largest absolute Gasteiger partial charge is 0.483 e. The average Bonchev–Trinajstić information content (AvgIpc) is 3.04. The third-order valence-corrected chi connectivity index (χ3v) is 6.49. The molecule has 164 valence electrons. The molecule has 31 heavy (non-hydrogen) atoms. The Labute approximate surface area is 186 Å². The van der Waals surface area contributed by atoms with E-state index >= 15 is 0 Å². The zero-order chi connectivity index (χ0) is 22.0. The van der Waals surface area contributed by atoms with E-state index in [0.717, 1.165) is 37.7 Å². The van der Waals surface area contributed by atoms with Gasteiger partial charge in [-0.3, -0.25) is 4.79 Å². The topological polar surface area (TPSA) is 55.8 Å². The normalized spacial score (nSPS) is 22.3. The number of nitrogens with zero attached hydrogens (tertiary/aromatic N) is 1. The highest BCUT2D eigenvalue weighted by Crippen LogP contribution is 2.40. The van der Waals surface area contributed by atoms with Gasteiger partial charge < -0.3 is 14.4 Å². The zero-order valence-corrected chi connectivity index (χ0v) is 18.1. The molecule has 2 unspecified atom stereocenters. The summed E-state index contributed by atoms with van der Waals surface area (Å²) in [4.78, 5) is 26.9. The predicted molar refractivity (Wildman–Crippen MR) is 115 cm³/mol. The Morgan fingerprint density at radius 1 is 1.10 bits per heavy atom. The van der Waals surface area contributed by atoms with Gasteiger partial charge in [0.2, 0.25) is 0 Å². The summed E-state index contributed by atoms with van der Waals surface area (Å²) in [5, 5.41) is 0.389. The van der Waals surface area contributed by atoms with Crippen LogP contribution in [-0.2, 0) is 16.0 Å². The fourth-order valence-corrected chi connectivity index (χ4v) is 5.10. The Hall–Kier alpha value is -2.60. The van der Waals surface area contributed by atoms with Crippen molar-refractivity contribution in [3.8, 4) is 5.75 Å². The summed E-state index contributed by atoms with van der Waals surface area (Å²) in [6, 6.07) is 11.7. The van der Waals surface area contributed by atoms with Gasteiger partial charge in [-0.25, -0.2) is 9.18 Å². The Kier molecular flexibility index (Phi) is 6.46. The van der Waals surface area contributed by atoms with Gasteiger partial charge in [0.15, 0.2) is 6.61 Å². The lowest BCUT2D eigenvalue weighted by molar-refractivity contribution is -0.138. The minimum absolute atomic E-state index is 0.0708. The number of carbonyl (C=O) groups excluding carboxylic acids is 2. The second-order valence-electron chi connectivity index (χ2n) is 8.27. The van der Waals surface area contributed by atoms with E-state index in [0.29, 0.717) is 10.9 Å². The van der Waals surface area contributed by atoms with Gasteiger partial charge in [-0.15, -0.1) is 0 Å². The maximum atomic E-state index is 13.2.